The Balaban J connectivity index is 3.48. The van der Waals surface area contributed by atoms with Gasteiger partial charge in [0.15, 0.2) is 0 Å². The summed E-state index contributed by atoms with van der Waals surface area (Å²) in [6.07, 6.45) is 0. The summed E-state index contributed by atoms with van der Waals surface area (Å²) in [5.74, 6) is -2.74. The third-order valence-corrected chi connectivity index (χ3v) is 2.67. The summed E-state index contributed by atoms with van der Waals surface area (Å²) in [5, 5.41) is 16.3. The lowest BCUT2D eigenvalue weighted by Crippen LogP contribution is -2.10. The lowest BCUT2D eigenvalue weighted by molar-refractivity contribution is -0.183. The van der Waals surface area contributed by atoms with Gasteiger partial charge in [-0.2, -0.15) is 18.9 Å². The van der Waals surface area contributed by atoms with Crippen LogP contribution in [0.3, 0.4) is 0 Å². The predicted octanol–water partition coefficient (Wildman–Crippen LogP) is 0.193. The smallest absolute Gasteiger partial charge is 0.296 e. The second-order valence-corrected chi connectivity index (χ2v) is 4.40. The van der Waals surface area contributed by atoms with Crippen molar-refractivity contribution >= 4 is 22.1 Å². The van der Waals surface area contributed by atoms with E-state index in [4.69, 9.17) is 15.1 Å². The largest absolute Gasteiger partial charge is 0.372 e. The van der Waals surface area contributed by atoms with E-state index < -0.39 is 38.1 Å². The first-order valence-corrected chi connectivity index (χ1v) is 5.57. The number of rotatable bonds is 3. The van der Waals surface area contributed by atoms with Crippen molar-refractivity contribution in [2.45, 2.75) is 4.90 Å². The summed E-state index contributed by atoms with van der Waals surface area (Å²) in [6.45, 7) is 0. The molecule has 0 saturated heterocycles. The van der Waals surface area contributed by atoms with E-state index in [2.05, 4.69) is 9.78 Å². The van der Waals surface area contributed by atoms with Gasteiger partial charge in [-0.15, -0.1) is 0 Å². The molecule has 9 nitrogen and oxygen atoms in total. The van der Waals surface area contributed by atoms with Gasteiger partial charge in [0.05, 0.1) is 16.0 Å². The van der Waals surface area contributed by atoms with Crippen LogP contribution in [-0.4, -0.2) is 35.4 Å². The monoisotopic (exact) mass is 278 g/mol. The fraction of sp³-hybridized carbons (Fsp3) is 0. The van der Waals surface area contributed by atoms with Crippen LogP contribution < -0.4 is 0 Å². The molecule has 1 rings (SSSR count). The van der Waals surface area contributed by atoms with Gasteiger partial charge >= 0.3 is 11.9 Å². The van der Waals surface area contributed by atoms with E-state index in [0.717, 1.165) is 6.07 Å². The van der Waals surface area contributed by atoms with Crippen LogP contribution in [-0.2, 0) is 19.9 Å². The van der Waals surface area contributed by atoms with Crippen molar-refractivity contribution in [3.8, 4) is 0 Å². The Morgan fingerprint density at radius 1 is 0.944 bits per heavy atom. The number of benzene rings is 1. The second-order valence-electron chi connectivity index (χ2n) is 2.98. The molecule has 0 atom stereocenters. The highest BCUT2D eigenvalue weighted by Gasteiger charge is 2.20. The molecular formula is C8H6O9S. The lowest BCUT2D eigenvalue weighted by Gasteiger charge is -2.04. The molecule has 0 unspecified atom stereocenters. The minimum Gasteiger partial charge on any atom is -0.296 e. The highest BCUT2D eigenvalue weighted by atomic mass is 32.2. The van der Waals surface area contributed by atoms with E-state index in [1.54, 1.807) is 0 Å². The zero-order valence-electron chi connectivity index (χ0n) is 8.43. The predicted molar refractivity (Wildman–Crippen MR) is 52.3 cm³/mol. The van der Waals surface area contributed by atoms with Crippen molar-refractivity contribution in [2.24, 2.45) is 0 Å². The highest BCUT2D eigenvalue weighted by Crippen LogP contribution is 2.16. The van der Waals surface area contributed by atoms with Crippen LogP contribution in [0.2, 0.25) is 0 Å². The van der Waals surface area contributed by atoms with E-state index in [1.807, 2.05) is 0 Å². The van der Waals surface area contributed by atoms with Crippen LogP contribution in [0.5, 0.6) is 0 Å². The van der Waals surface area contributed by atoms with Crippen LogP contribution in [0.4, 0.5) is 0 Å². The molecule has 0 bridgehead atoms. The topological polar surface area (TPSA) is 147 Å². The minimum atomic E-state index is -4.71. The van der Waals surface area contributed by atoms with Gasteiger partial charge in [0, 0.05) is 0 Å². The van der Waals surface area contributed by atoms with E-state index in [1.165, 1.54) is 0 Å². The van der Waals surface area contributed by atoms with Gasteiger partial charge in [-0.3, -0.25) is 14.3 Å². The molecule has 0 fully saturated rings. The van der Waals surface area contributed by atoms with Crippen molar-refractivity contribution in [1.29, 1.82) is 0 Å². The molecular weight excluding hydrogens is 272 g/mol. The van der Waals surface area contributed by atoms with E-state index in [0.29, 0.717) is 12.1 Å². The highest BCUT2D eigenvalue weighted by molar-refractivity contribution is 7.85. The molecule has 0 aliphatic carbocycles. The first kappa shape index (κ1) is 14.1. The van der Waals surface area contributed by atoms with Crippen LogP contribution in [0.1, 0.15) is 20.7 Å². The maximum absolute atomic E-state index is 11.0. The molecule has 0 heterocycles. The molecule has 0 aliphatic heterocycles. The Morgan fingerprint density at radius 3 is 1.61 bits per heavy atom. The summed E-state index contributed by atoms with van der Waals surface area (Å²) < 4.78 is 30.6. The molecule has 18 heavy (non-hydrogen) atoms. The molecule has 1 aromatic rings. The Labute approximate surface area is 99.8 Å². The van der Waals surface area contributed by atoms with Crippen LogP contribution in [0.15, 0.2) is 23.1 Å². The fourth-order valence-electron chi connectivity index (χ4n) is 1.09. The number of hydrogen-bond acceptors (Lipinski definition) is 8. The molecule has 3 N–H and O–H groups in total. The van der Waals surface area contributed by atoms with Gasteiger partial charge in [0.25, 0.3) is 10.1 Å². The third-order valence-electron chi connectivity index (χ3n) is 1.84. The summed E-state index contributed by atoms with van der Waals surface area (Å²) in [7, 11) is -4.71. The number of carbonyl (C=O) groups excluding carboxylic acids is 2. The van der Waals surface area contributed by atoms with Crippen molar-refractivity contribution in [3.63, 3.8) is 0 Å². The molecule has 0 spiro atoms. The minimum absolute atomic E-state index is 0.548. The maximum Gasteiger partial charge on any atom is 0.372 e. The molecule has 10 heteroatoms. The van der Waals surface area contributed by atoms with E-state index in [-0.39, 0.29) is 0 Å². The normalized spacial score (nSPS) is 10.8. The van der Waals surface area contributed by atoms with E-state index in [9.17, 15) is 18.0 Å². The first-order chi connectivity index (χ1) is 8.29. The Morgan fingerprint density at radius 2 is 1.33 bits per heavy atom. The summed E-state index contributed by atoms with van der Waals surface area (Å²) >= 11 is 0. The standard InChI is InChI=1S/C8H6O9S/c9-7(16-11)4-1-5(8(10)17-12)3-6(2-4)18(13,14)15/h1-3,11-12H,(H,13,14,15). The Bertz CT molecular complexity index is 554. The van der Waals surface area contributed by atoms with Gasteiger partial charge in [-0.25, -0.2) is 9.59 Å². The quantitative estimate of drug-likeness (QED) is 0.400. The lowest BCUT2D eigenvalue weighted by atomic mass is 10.1. The van der Waals surface area contributed by atoms with Crippen LogP contribution in [0, 0.1) is 0 Å². The van der Waals surface area contributed by atoms with Gasteiger partial charge in [-0.1, -0.05) is 0 Å². The third kappa shape index (κ3) is 3.01. The summed E-state index contributed by atoms with van der Waals surface area (Å²) in [5.41, 5.74) is -1.10. The van der Waals surface area contributed by atoms with Gasteiger partial charge < -0.3 is 0 Å². The molecule has 0 aliphatic rings. The first-order valence-electron chi connectivity index (χ1n) is 4.13. The van der Waals surface area contributed by atoms with Gasteiger partial charge in [0.1, 0.15) is 0 Å². The average Bonchev–Trinajstić information content (AvgIpc) is 2.35. The van der Waals surface area contributed by atoms with Gasteiger partial charge in [-0.05, 0) is 18.2 Å². The molecule has 0 amide bonds. The molecule has 1 aromatic carbocycles. The van der Waals surface area contributed by atoms with Crippen molar-refractivity contribution in [2.75, 3.05) is 0 Å². The zero-order chi connectivity index (χ0) is 13.9. The van der Waals surface area contributed by atoms with Crippen molar-refractivity contribution < 1.29 is 42.8 Å². The fourth-order valence-corrected chi connectivity index (χ4v) is 1.64. The summed E-state index contributed by atoms with van der Waals surface area (Å²) in [4.78, 5) is 27.9. The maximum atomic E-state index is 11.0. The van der Waals surface area contributed by atoms with Crippen molar-refractivity contribution in [1.82, 2.24) is 0 Å². The molecule has 0 saturated carbocycles. The van der Waals surface area contributed by atoms with Crippen LogP contribution in [0.25, 0.3) is 0 Å². The van der Waals surface area contributed by atoms with Gasteiger partial charge in [0.2, 0.25) is 0 Å². The SMILES string of the molecule is O=C(OO)c1cc(C(=O)OO)cc(S(=O)(=O)O)c1. The number of hydrogen-bond donors (Lipinski definition) is 3. The average molecular weight is 278 g/mol. The zero-order valence-corrected chi connectivity index (χ0v) is 9.25. The number of carbonyl (C=O) groups is 2. The molecule has 98 valence electrons. The molecule has 0 aromatic heterocycles. The van der Waals surface area contributed by atoms with Crippen molar-refractivity contribution in [3.05, 3.63) is 29.3 Å². The Hall–Kier alpha value is -2.01. The Kier molecular flexibility index (Phi) is 3.98. The molecule has 0 radical (unpaired) electrons. The summed E-state index contributed by atoms with van der Waals surface area (Å²) in [6, 6.07) is 2.09. The van der Waals surface area contributed by atoms with E-state index >= 15 is 0 Å². The second kappa shape index (κ2) is 5.10. The van der Waals surface area contributed by atoms with Crippen LogP contribution >= 0.6 is 0 Å².